The van der Waals surface area contributed by atoms with Crippen molar-refractivity contribution in [2.45, 2.75) is 39.0 Å². The van der Waals surface area contributed by atoms with E-state index in [1.807, 2.05) is 43.3 Å². The molecule has 1 amide bonds. The Balaban J connectivity index is 1.99. The van der Waals surface area contributed by atoms with Gasteiger partial charge in [-0.25, -0.2) is 0 Å². The third-order valence-corrected chi connectivity index (χ3v) is 4.94. The average Bonchev–Trinajstić information content (AvgIpc) is 2.56. The van der Waals surface area contributed by atoms with E-state index in [0.717, 1.165) is 43.5 Å². The Kier molecular flexibility index (Phi) is 6.05. The van der Waals surface area contributed by atoms with Gasteiger partial charge in [-0.1, -0.05) is 25.5 Å². The van der Waals surface area contributed by atoms with Crippen molar-refractivity contribution in [3.05, 3.63) is 29.8 Å². The lowest BCUT2D eigenvalue weighted by Crippen LogP contribution is -2.48. The molecule has 1 atom stereocenters. The van der Waals surface area contributed by atoms with Crippen molar-refractivity contribution in [3.8, 4) is 0 Å². The SMILES string of the molecule is CCC[C@@]1(CO)CCCN(C(=O)Cc2ccc(N(C)C)cc2)C1. The molecule has 0 unspecified atom stereocenters. The van der Waals surface area contributed by atoms with E-state index in [0.29, 0.717) is 13.0 Å². The molecule has 4 nitrogen and oxygen atoms in total. The number of aliphatic hydroxyl groups excluding tert-OH is 1. The molecule has 0 aromatic heterocycles. The van der Waals surface area contributed by atoms with Crippen molar-refractivity contribution in [1.82, 2.24) is 4.90 Å². The van der Waals surface area contributed by atoms with Gasteiger partial charge in [-0.05, 0) is 37.0 Å². The summed E-state index contributed by atoms with van der Waals surface area (Å²) in [5.74, 6) is 0.177. The van der Waals surface area contributed by atoms with Crippen LogP contribution in [0.4, 0.5) is 5.69 Å². The Morgan fingerprint density at radius 2 is 2.00 bits per heavy atom. The third kappa shape index (κ3) is 4.47. The summed E-state index contributed by atoms with van der Waals surface area (Å²) >= 11 is 0. The molecule has 1 heterocycles. The number of piperidine rings is 1. The van der Waals surface area contributed by atoms with Gasteiger partial charge in [0, 0.05) is 38.3 Å². The summed E-state index contributed by atoms with van der Waals surface area (Å²) in [7, 11) is 4.02. The predicted octanol–water partition coefficient (Wildman–Crippen LogP) is 2.70. The molecule has 1 N–H and O–H groups in total. The van der Waals surface area contributed by atoms with Gasteiger partial charge in [-0.3, -0.25) is 4.79 Å². The normalized spacial score (nSPS) is 21.3. The van der Waals surface area contributed by atoms with Gasteiger partial charge in [0.2, 0.25) is 5.91 Å². The van der Waals surface area contributed by atoms with Crippen LogP contribution < -0.4 is 4.90 Å². The van der Waals surface area contributed by atoms with Gasteiger partial charge in [0.1, 0.15) is 0 Å². The van der Waals surface area contributed by atoms with Crippen molar-refractivity contribution in [2.24, 2.45) is 5.41 Å². The lowest BCUT2D eigenvalue weighted by Gasteiger charge is -2.42. The summed E-state index contributed by atoms with van der Waals surface area (Å²) in [6, 6.07) is 8.16. The Bertz CT molecular complexity index is 509. The van der Waals surface area contributed by atoms with Crippen LogP contribution in [0.25, 0.3) is 0 Å². The first-order valence-electron chi connectivity index (χ1n) is 8.64. The van der Waals surface area contributed by atoms with Crippen LogP contribution in [0.5, 0.6) is 0 Å². The van der Waals surface area contributed by atoms with E-state index >= 15 is 0 Å². The first-order chi connectivity index (χ1) is 11.0. The van der Waals surface area contributed by atoms with Crippen LogP contribution in [-0.4, -0.2) is 49.7 Å². The molecule has 1 aliphatic rings. The van der Waals surface area contributed by atoms with Gasteiger partial charge in [0.15, 0.2) is 0 Å². The zero-order chi connectivity index (χ0) is 16.9. The monoisotopic (exact) mass is 318 g/mol. The predicted molar refractivity (Wildman–Crippen MR) is 94.7 cm³/mol. The van der Waals surface area contributed by atoms with Crippen LogP contribution in [0.2, 0.25) is 0 Å². The molecule has 0 bridgehead atoms. The van der Waals surface area contributed by atoms with Crippen LogP contribution in [0, 0.1) is 5.41 Å². The highest BCUT2D eigenvalue weighted by Gasteiger charge is 2.35. The summed E-state index contributed by atoms with van der Waals surface area (Å²) in [5.41, 5.74) is 2.11. The minimum absolute atomic E-state index is 0.0859. The number of benzene rings is 1. The second-order valence-electron chi connectivity index (χ2n) is 7.06. The Morgan fingerprint density at radius 1 is 1.30 bits per heavy atom. The summed E-state index contributed by atoms with van der Waals surface area (Å²) in [4.78, 5) is 16.6. The maximum Gasteiger partial charge on any atom is 0.227 e. The van der Waals surface area contributed by atoms with Crippen LogP contribution in [0.1, 0.15) is 38.2 Å². The van der Waals surface area contributed by atoms with E-state index in [1.165, 1.54) is 0 Å². The van der Waals surface area contributed by atoms with E-state index < -0.39 is 0 Å². The number of carbonyl (C=O) groups excluding carboxylic acids is 1. The van der Waals surface area contributed by atoms with E-state index in [2.05, 4.69) is 11.8 Å². The molecule has 2 rings (SSSR count). The lowest BCUT2D eigenvalue weighted by molar-refractivity contribution is -0.135. The molecule has 4 heteroatoms. The number of carbonyl (C=O) groups is 1. The first-order valence-corrected chi connectivity index (χ1v) is 8.64. The van der Waals surface area contributed by atoms with Crippen molar-refractivity contribution < 1.29 is 9.90 Å². The van der Waals surface area contributed by atoms with Gasteiger partial charge in [-0.15, -0.1) is 0 Å². The van der Waals surface area contributed by atoms with Gasteiger partial charge in [-0.2, -0.15) is 0 Å². The topological polar surface area (TPSA) is 43.8 Å². The Morgan fingerprint density at radius 3 is 2.57 bits per heavy atom. The molecular formula is C19H30N2O2. The minimum atomic E-state index is -0.0859. The van der Waals surface area contributed by atoms with Crippen molar-refractivity contribution >= 4 is 11.6 Å². The lowest BCUT2D eigenvalue weighted by atomic mass is 9.77. The largest absolute Gasteiger partial charge is 0.396 e. The summed E-state index contributed by atoms with van der Waals surface area (Å²) in [6.07, 6.45) is 4.51. The molecule has 1 aromatic carbocycles. The van der Waals surface area contributed by atoms with Crippen LogP contribution in [0.15, 0.2) is 24.3 Å². The third-order valence-electron chi connectivity index (χ3n) is 4.94. The number of aliphatic hydroxyl groups is 1. The van der Waals surface area contributed by atoms with E-state index in [4.69, 9.17) is 0 Å². The number of rotatable bonds is 6. The smallest absolute Gasteiger partial charge is 0.227 e. The number of hydrogen-bond donors (Lipinski definition) is 1. The highest BCUT2D eigenvalue weighted by molar-refractivity contribution is 5.79. The molecule has 0 radical (unpaired) electrons. The van der Waals surface area contributed by atoms with E-state index in [1.54, 1.807) is 0 Å². The quantitative estimate of drug-likeness (QED) is 0.877. The van der Waals surface area contributed by atoms with Crippen LogP contribution in [0.3, 0.4) is 0 Å². The van der Waals surface area contributed by atoms with E-state index in [-0.39, 0.29) is 17.9 Å². The number of anilines is 1. The Hall–Kier alpha value is -1.55. The molecular weight excluding hydrogens is 288 g/mol. The molecule has 1 saturated heterocycles. The molecule has 0 spiro atoms. The van der Waals surface area contributed by atoms with Gasteiger partial charge < -0.3 is 14.9 Å². The maximum absolute atomic E-state index is 12.6. The molecule has 0 saturated carbocycles. The van der Waals surface area contributed by atoms with Gasteiger partial charge in [0.05, 0.1) is 13.0 Å². The average molecular weight is 318 g/mol. The molecule has 1 fully saturated rings. The number of amides is 1. The zero-order valence-electron chi connectivity index (χ0n) is 14.7. The number of likely N-dealkylation sites (tertiary alicyclic amines) is 1. The highest BCUT2D eigenvalue weighted by Crippen LogP contribution is 2.34. The Labute approximate surface area is 140 Å². The van der Waals surface area contributed by atoms with Crippen molar-refractivity contribution in [1.29, 1.82) is 0 Å². The fourth-order valence-corrected chi connectivity index (χ4v) is 3.56. The standard InChI is InChI=1S/C19H30N2O2/c1-4-10-19(15-22)11-5-12-21(14-19)18(23)13-16-6-8-17(9-7-16)20(2)3/h6-9,22H,4-5,10-15H2,1-3H3/t19-/m1/s1. The molecule has 1 aromatic rings. The molecule has 128 valence electrons. The first kappa shape index (κ1) is 17.8. The minimum Gasteiger partial charge on any atom is -0.396 e. The van der Waals surface area contributed by atoms with Crippen LogP contribution in [-0.2, 0) is 11.2 Å². The number of hydrogen-bond acceptors (Lipinski definition) is 3. The summed E-state index contributed by atoms with van der Waals surface area (Å²) in [6.45, 7) is 3.85. The van der Waals surface area contributed by atoms with Gasteiger partial charge >= 0.3 is 0 Å². The zero-order valence-corrected chi connectivity index (χ0v) is 14.7. The summed E-state index contributed by atoms with van der Waals surface area (Å²) in [5, 5.41) is 9.80. The van der Waals surface area contributed by atoms with Crippen molar-refractivity contribution in [2.75, 3.05) is 38.7 Å². The second kappa shape index (κ2) is 7.82. The number of nitrogens with zero attached hydrogens (tertiary/aromatic N) is 2. The summed E-state index contributed by atoms with van der Waals surface area (Å²) < 4.78 is 0. The van der Waals surface area contributed by atoms with Crippen LogP contribution >= 0.6 is 0 Å². The fraction of sp³-hybridized carbons (Fsp3) is 0.632. The van der Waals surface area contributed by atoms with E-state index in [9.17, 15) is 9.90 Å². The molecule has 23 heavy (non-hydrogen) atoms. The van der Waals surface area contributed by atoms with Crippen molar-refractivity contribution in [3.63, 3.8) is 0 Å². The fourth-order valence-electron chi connectivity index (χ4n) is 3.56. The second-order valence-corrected chi connectivity index (χ2v) is 7.06. The highest BCUT2D eigenvalue weighted by atomic mass is 16.3. The van der Waals surface area contributed by atoms with Gasteiger partial charge in [0.25, 0.3) is 0 Å². The molecule has 0 aliphatic carbocycles. The maximum atomic E-state index is 12.6. The molecule has 1 aliphatic heterocycles.